The Hall–Kier alpha value is -1.23. The van der Waals surface area contributed by atoms with E-state index in [-0.39, 0.29) is 16.8 Å². The molecule has 0 fully saturated rings. The maximum atomic E-state index is 11.1. The Balaban J connectivity index is 2.93. The van der Waals surface area contributed by atoms with E-state index in [1.165, 1.54) is 18.3 Å². The van der Waals surface area contributed by atoms with E-state index in [4.69, 9.17) is 5.73 Å². The van der Waals surface area contributed by atoms with E-state index in [1.54, 1.807) is 0 Å². The molecule has 4 nitrogen and oxygen atoms in total. The van der Waals surface area contributed by atoms with Crippen LogP contribution in [0.2, 0.25) is 0 Å². The number of rotatable bonds is 3. The van der Waals surface area contributed by atoms with Crippen molar-refractivity contribution >= 4 is 27.6 Å². The second-order valence-electron chi connectivity index (χ2n) is 2.35. The van der Waals surface area contributed by atoms with Gasteiger partial charge in [0, 0.05) is 11.8 Å². The van der Waals surface area contributed by atoms with Gasteiger partial charge in [0.15, 0.2) is 5.78 Å². The number of carbonyl (C=O) groups excluding carboxylic acids is 2. The molecule has 1 amide bonds. The monoisotopic (exact) mass is 242 g/mol. The van der Waals surface area contributed by atoms with Crippen molar-refractivity contribution in [2.24, 2.45) is 5.73 Å². The normalized spacial score (nSPS) is 9.62. The van der Waals surface area contributed by atoms with Crippen molar-refractivity contribution in [3.63, 3.8) is 0 Å². The Kier molecular flexibility index (Phi) is 3.13. The molecule has 0 aliphatic carbocycles. The lowest BCUT2D eigenvalue weighted by atomic mass is 10.2. The molecule has 1 rings (SSSR count). The zero-order valence-corrected chi connectivity index (χ0v) is 8.24. The summed E-state index contributed by atoms with van der Waals surface area (Å²) in [5.74, 6) is -0.679. The van der Waals surface area contributed by atoms with Crippen molar-refractivity contribution in [3.8, 4) is 0 Å². The van der Waals surface area contributed by atoms with Crippen LogP contribution < -0.4 is 5.73 Å². The van der Waals surface area contributed by atoms with Crippen LogP contribution in [0.25, 0.3) is 0 Å². The van der Waals surface area contributed by atoms with Gasteiger partial charge in [-0.3, -0.25) is 14.6 Å². The third kappa shape index (κ3) is 2.35. The summed E-state index contributed by atoms with van der Waals surface area (Å²) in [4.78, 5) is 25.4. The van der Waals surface area contributed by atoms with Gasteiger partial charge in [-0.1, -0.05) is 15.9 Å². The lowest BCUT2D eigenvalue weighted by Crippen LogP contribution is -2.13. The van der Waals surface area contributed by atoms with Crippen LogP contribution >= 0.6 is 15.9 Å². The SMILES string of the molecule is NC(=O)c1ccc(C(=O)CBr)cn1. The van der Waals surface area contributed by atoms with Gasteiger partial charge in [0.25, 0.3) is 5.91 Å². The van der Waals surface area contributed by atoms with Crippen molar-refractivity contribution in [1.82, 2.24) is 4.98 Å². The van der Waals surface area contributed by atoms with Gasteiger partial charge in [-0.2, -0.15) is 0 Å². The molecule has 1 aromatic rings. The van der Waals surface area contributed by atoms with Crippen LogP contribution in [-0.4, -0.2) is 22.0 Å². The second-order valence-corrected chi connectivity index (χ2v) is 2.91. The number of ketones is 1. The topological polar surface area (TPSA) is 73.1 Å². The Morgan fingerprint density at radius 1 is 1.46 bits per heavy atom. The molecule has 0 aliphatic heterocycles. The lowest BCUT2D eigenvalue weighted by molar-refractivity contribution is 0.0990. The van der Waals surface area contributed by atoms with Gasteiger partial charge in [0.2, 0.25) is 0 Å². The minimum atomic E-state index is -0.599. The first kappa shape index (κ1) is 9.85. The number of aromatic nitrogens is 1. The van der Waals surface area contributed by atoms with Gasteiger partial charge in [-0.25, -0.2) is 0 Å². The molecular formula is C8H7BrN2O2. The third-order valence-corrected chi connectivity index (χ3v) is 1.97. The molecule has 0 atom stereocenters. The van der Waals surface area contributed by atoms with E-state index in [2.05, 4.69) is 20.9 Å². The minimum absolute atomic E-state index is 0.0801. The molecule has 0 aliphatic rings. The molecular weight excluding hydrogens is 236 g/mol. The van der Waals surface area contributed by atoms with Crippen LogP contribution in [0.4, 0.5) is 0 Å². The van der Waals surface area contributed by atoms with Crippen molar-refractivity contribution in [2.45, 2.75) is 0 Å². The number of carbonyl (C=O) groups is 2. The minimum Gasteiger partial charge on any atom is -0.364 e. The summed E-state index contributed by atoms with van der Waals surface area (Å²) in [5.41, 5.74) is 5.60. The van der Waals surface area contributed by atoms with E-state index in [0.29, 0.717) is 5.56 Å². The quantitative estimate of drug-likeness (QED) is 0.629. The molecule has 0 saturated carbocycles. The van der Waals surface area contributed by atoms with Crippen LogP contribution in [0.3, 0.4) is 0 Å². The number of Topliss-reactive ketones (excluding diaryl/α,β-unsaturated/α-hetero) is 1. The maximum Gasteiger partial charge on any atom is 0.267 e. The molecule has 0 spiro atoms. The number of primary amides is 1. The average Bonchev–Trinajstić information content (AvgIpc) is 2.17. The first-order chi connectivity index (χ1) is 6.15. The molecule has 0 aromatic carbocycles. The first-order valence-corrected chi connectivity index (χ1v) is 4.62. The largest absolute Gasteiger partial charge is 0.364 e. The average molecular weight is 243 g/mol. The van der Waals surface area contributed by atoms with Gasteiger partial charge >= 0.3 is 0 Å². The Morgan fingerprint density at radius 2 is 2.15 bits per heavy atom. The Bertz CT molecular complexity index is 335. The molecule has 0 bridgehead atoms. The molecule has 5 heteroatoms. The third-order valence-electron chi connectivity index (χ3n) is 1.46. The second kappa shape index (κ2) is 4.13. The van der Waals surface area contributed by atoms with Crippen LogP contribution in [0.15, 0.2) is 18.3 Å². The van der Waals surface area contributed by atoms with Gasteiger partial charge in [0.1, 0.15) is 5.69 Å². The molecule has 0 radical (unpaired) electrons. The fourth-order valence-corrected chi connectivity index (χ4v) is 1.11. The van der Waals surface area contributed by atoms with E-state index >= 15 is 0 Å². The fourth-order valence-electron chi connectivity index (χ4n) is 0.782. The zero-order chi connectivity index (χ0) is 9.84. The van der Waals surface area contributed by atoms with Crippen molar-refractivity contribution in [3.05, 3.63) is 29.6 Å². The highest BCUT2D eigenvalue weighted by Gasteiger charge is 2.06. The number of halogens is 1. The molecule has 13 heavy (non-hydrogen) atoms. The number of alkyl halides is 1. The molecule has 0 unspecified atom stereocenters. The smallest absolute Gasteiger partial charge is 0.267 e. The van der Waals surface area contributed by atoms with Gasteiger partial charge in [-0.05, 0) is 12.1 Å². The predicted octanol–water partition coefficient (Wildman–Crippen LogP) is 0.758. The fraction of sp³-hybridized carbons (Fsp3) is 0.125. The maximum absolute atomic E-state index is 11.1. The van der Waals surface area contributed by atoms with Gasteiger partial charge < -0.3 is 5.73 Å². The molecule has 68 valence electrons. The Labute approximate surface area is 83.3 Å². The first-order valence-electron chi connectivity index (χ1n) is 3.50. The van der Waals surface area contributed by atoms with Gasteiger partial charge in [0.05, 0.1) is 5.33 Å². The van der Waals surface area contributed by atoms with E-state index < -0.39 is 5.91 Å². The predicted molar refractivity (Wildman–Crippen MR) is 50.9 cm³/mol. The summed E-state index contributed by atoms with van der Waals surface area (Å²) in [7, 11) is 0. The van der Waals surface area contributed by atoms with E-state index in [9.17, 15) is 9.59 Å². The zero-order valence-electron chi connectivity index (χ0n) is 6.66. The number of amides is 1. The summed E-state index contributed by atoms with van der Waals surface area (Å²) in [6.45, 7) is 0. The van der Waals surface area contributed by atoms with Gasteiger partial charge in [-0.15, -0.1) is 0 Å². The van der Waals surface area contributed by atoms with Crippen molar-refractivity contribution in [1.29, 1.82) is 0 Å². The summed E-state index contributed by atoms with van der Waals surface area (Å²) in [6.07, 6.45) is 1.34. The molecule has 2 N–H and O–H groups in total. The molecule has 0 saturated heterocycles. The highest BCUT2D eigenvalue weighted by atomic mass is 79.9. The Morgan fingerprint density at radius 3 is 2.54 bits per heavy atom. The summed E-state index contributed by atoms with van der Waals surface area (Å²) < 4.78 is 0. The van der Waals surface area contributed by atoms with Crippen LogP contribution in [0, 0.1) is 0 Å². The summed E-state index contributed by atoms with van der Waals surface area (Å²) >= 11 is 3.03. The number of hydrogen-bond donors (Lipinski definition) is 1. The van der Waals surface area contributed by atoms with Crippen LogP contribution in [-0.2, 0) is 0 Å². The number of hydrogen-bond acceptors (Lipinski definition) is 3. The van der Waals surface area contributed by atoms with E-state index in [1.807, 2.05) is 0 Å². The van der Waals surface area contributed by atoms with Crippen molar-refractivity contribution < 1.29 is 9.59 Å². The number of nitrogens with two attached hydrogens (primary N) is 1. The molecule has 1 aromatic heterocycles. The van der Waals surface area contributed by atoms with E-state index in [0.717, 1.165) is 0 Å². The highest BCUT2D eigenvalue weighted by molar-refractivity contribution is 9.09. The standard InChI is InChI=1S/C8H7BrN2O2/c9-3-7(12)5-1-2-6(8(10)13)11-4-5/h1-2,4H,3H2,(H2,10,13). The summed E-state index contributed by atoms with van der Waals surface area (Å²) in [6, 6.07) is 2.95. The number of pyridine rings is 1. The summed E-state index contributed by atoms with van der Waals surface area (Å²) in [5, 5.41) is 0.241. The van der Waals surface area contributed by atoms with Crippen LogP contribution in [0.1, 0.15) is 20.8 Å². The molecule has 1 heterocycles. The van der Waals surface area contributed by atoms with Crippen LogP contribution in [0.5, 0.6) is 0 Å². The number of nitrogens with zero attached hydrogens (tertiary/aromatic N) is 1. The highest BCUT2D eigenvalue weighted by Crippen LogP contribution is 2.02. The lowest BCUT2D eigenvalue weighted by Gasteiger charge is -1.97. The van der Waals surface area contributed by atoms with Crippen molar-refractivity contribution in [2.75, 3.05) is 5.33 Å².